The highest BCUT2D eigenvalue weighted by atomic mass is 32.1. The van der Waals surface area contributed by atoms with E-state index in [4.69, 9.17) is 4.98 Å². The van der Waals surface area contributed by atoms with E-state index in [0.29, 0.717) is 12.6 Å². The molecular formula is C22H29N4O2S+. The molecular weight excluding hydrogens is 384 g/mol. The van der Waals surface area contributed by atoms with Crippen molar-refractivity contribution in [1.29, 1.82) is 0 Å². The summed E-state index contributed by atoms with van der Waals surface area (Å²) in [6.45, 7) is 4.54. The van der Waals surface area contributed by atoms with E-state index in [9.17, 15) is 9.59 Å². The summed E-state index contributed by atoms with van der Waals surface area (Å²) >= 11 is 1.80. The van der Waals surface area contributed by atoms with Gasteiger partial charge in [0.05, 0.1) is 28.3 Å². The first kappa shape index (κ1) is 19.0. The van der Waals surface area contributed by atoms with Crippen molar-refractivity contribution in [2.24, 2.45) is 5.92 Å². The summed E-state index contributed by atoms with van der Waals surface area (Å²) in [6.07, 6.45) is 6.08. The Balaban J connectivity index is 1.22. The van der Waals surface area contributed by atoms with E-state index in [1.807, 2.05) is 6.07 Å². The number of imide groups is 1. The number of fused-ring (bicyclic) bond motifs is 1. The second kappa shape index (κ2) is 7.36. The van der Waals surface area contributed by atoms with Gasteiger partial charge in [-0.3, -0.25) is 4.79 Å². The third-order valence-electron chi connectivity index (χ3n) is 7.24. The van der Waals surface area contributed by atoms with Gasteiger partial charge in [0.25, 0.3) is 5.91 Å². The molecule has 3 fully saturated rings. The lowest BCUT2D eigenvalue weighted by atomic mass is 9.73. The molecule has 154 valence electrons. The number of benzene rings is 1. The van der Waals surface area contributed by atoms with Crippen LogP contribution >= 0.6 is 11.3 Å². The molecule has 1 aromatic carbocycles. The van der Waals surface area contributed by atoms with Crippen molar-refractivity contribution in [3.8, 4) is 0 Å². The number of hydrogen-bond donors (Lipinski definition) is 2. The number of nitrogens with one attached hydrogen (secondary N) is 2. The average molecular weight is 414 g/mol. The Bertz CT molecular complexity index is 903. The Morgan fingerprint density at radius 1 is 1.21 bits per heavy atom. The van der Waals surface area contributed by atoms with Crippen LogP contribution < -0.4 is 10.2 Å². The van der Waals surface area contributed by atoms with Crippen molar-refractivity contribution in [3.05, 3.63) is 29.3 Å². The second-order valence-electron chi connectivity index (χ2n) is 8.98. The fourth-order valence-corrected chi connectivity index (χ4v) is 6.49. The molecule has 3 amide bonds. The van der Waals surface area contributed by atoms with Crippen molar-refractivity contribution in [2.45, 2.75) is 56.9 Å². The number of carbonyl (C=O) groups is 2. The molecule has 6 nitrogen and oxygen atoms in total. The predicted octanol–water partition coefficient (Wildman–Crippen LogP) is 2.52. The Hall–Kier alpha value is -1.99. The van der Waals surface area contributed by atoms with Crippen LogP contribution in [0.3, 0.4) is 0 Å². The molecule has 1 aliphatic carbocycles. The van der Waals surface area contributed by atoms with Crippen molar-refractivity contribution in [1.82, 2.24) is 15.2 Å². The number of hydrogen-bond acceptors (Lipinski definition) is 4. The third kappa shape index (κ3) is 3.24. The van der Waals surface area contributed by atoms with Crippen molar-refractivity contribution >= 4 is 33.5 Å². The van der Waals surface area contributed by atoms with Gasteiger partial charge in [0.15, 0.2) is 6.67 Å². The van der Waals surface area contributed by atoms with Gasteiger partial charge >= 0.3 is 6.03 Å². The third-order valence-corrected chi connectivity index (χ3v) is 8.43. The van der Waals surface area contributed by atoms with Crippen LogP contribution in [0.4, 0.5) is 4.79 Å². The molecule has 5 rings (SSSR count). The molecule has 2 aliphatic heterocycles. The first-order valence-electron chi connectivity index (χ1n) is 10.9. The first-order chi connectivity index (χ1) is 14.1. The van der Waals surface area contributed by atoms with Crippen LogP contribution in [0.25, 0.3) is 10.2 Å². The standard InChI is InChI=1S/C22H28N4O2S/c1-15-6-4-5-11-22(15)20(27)26(21(28)24-22)14-25-12-9-16(10-13-25)19-23-17-7-2-3-8-18(17)29-19/h2-3,7-8,15-16H,4-6,9-14H2,1H3,(H,24,28)/p+1/t15-,22+/m0/s1. The Labute approximate surface area is 175 Å². The van der Waals surface area contributed by atoms with Gasteiger partial charge < -0.3 is 10.2 Å². The number of para-hydroxylation sites is 1. The maximum absolute atomic E-state index is 13.2. The second-order valence-corrected chi connectivity index (χ2v) is 10.0. The number of amides is 3. The molecule has 2 saturated heterocycles. The van der Waals surface area contributed by atoms with Crippen LogP contribution in [-0.2, 0) is 4.79 Å². The highest BCUT2D eigenvalue weighted by Gasteiger charge is 2.55. The topological polar surface area (TPSA) is 66.7 Å². The molecule has 1 spiro atoms. The maximum atomic E-state index is 13.2. The highest BCUT2D eigenvalue weighted by Crippen LogP contribution is 2.38. The van der Waals surface area contributed by atoms with Crippen LogP contribution in [0.15, 0.2) is 24.3 Å². The minimum absolute atomic E-state index is 0.00972. The smallest absolute Gasteiger partial charge is 0.323 e. The summed E-state index contributed by atoms with van der Waals surface area (Å²) < 4.78 is 1.25. The van der Waals surface area contributed by atoms with Gasteiger partial charge in [0.2, 0.25) is 0 Å². The number of piperidine rings is 1. The van der Waals surface area contributed by atoms with Crippen LogP contribution in [0.2, 0.25) is 0 Å². The monoisotopic (exact) mass is 413 g/mol. The van der Waals surface area contributed by atoms with Crippen LogP contribution in [0.1, 0.15) is 56.4 Å². The quantitative estimate of drug-likeness (QED) is 0.760. The van der Waals surface area contributed by atoms with Crippen molar-refractivity contribution in [3.63, 3.8) is 0 Å². The van der Waals surface area contributed by atoms with Crippen LogP contribution in [-0.4, -0.2) is 47.1 Å². The summed E-state index contributed by atoms with van der Waals surface area (Å²) in [6, 6.07) is 8.13. The van der Waals surface area contributed by atoms with Crippen molar-refractivity contribution < 1.29 is 14.5 Å². The zero-order chi connectivity index (χ0) is 20.0. The van der Waals surface area contributed by atoms with E-state index in [0.717, 1.165) is 57.1 Å². The molecule has 3 heterocycles. The summed E-state index contributed by atoms with van der Waals surface area (Å²) in [5.74, 6) is 0.719. The average Bonchev–Trinajstić information content (AvgIpc) is 3.26. The van der Waals surface area contributed by atoms with E-state index >= 15 is 0 Å². The number of urea groups is 1. The number of aromatic nitrogens is 1. The molecule has 0 bridgehead atoms. The molecule has 1 saturated carbocycles. The highest BCUT2D eigenvalue weighted by molar-refractivity contribution is 7.18. The lowest BCUT2D eigenvalue weighted by Crippen LogP contribution is -3.14. The molecule has 7 heteroatoms. The SMILES string of the molecule is C[C@H]1CCCC[C@@]12NC(=O)N(C[NH+]1CCC(c3nc4ccccc4s3)CC1)C2=O. The van der Waals surface area contributed by atoms with Gasteiger partial charge in [-0.2, -0.15) is 0 Å². The van der Waals surface area contributed by atoms with Gasteiger partial charge in [0, 0.05) is 18.8 Å². The van der Waals surface area contributed by atoms with E-state index in [1.54, 1.807) is 11.3 Å². The Kier molecular flexibility index (Phi) is 4.82. The molecule has 29 heavy (non-hydrogen) atoms. The van der Waals surface area contributed by atoms with Gasteiger partial charge in [-0.1, -0.05) is 31.9 Å². The van der Waals surface area contributed by atoms with E-state index in [-0.39, 0.29) is 17.9 Å². The summed E-state index contributed by atoms with van der Waals surface area (Å²) in [5.41, 5.74) is 0.446. The first-order valence-corrected chi connectivity index (χ1v) is 11.7. The number of quaternary nitrogens is 1. The fraction of sp³-hybridized carbons (Fsp3) is 0.591. The lowest BCUT2D eigenvalue weighted by molar-refractivity contribution is -0.912. The van der Waals surface area contributed by atoms with Crippen molar-refractivity contribution in [2.75, 3.05) is 19.8 Å². The van der Waals surface area contributed by atoms with E-state index < -0.39 is 5.54 Å². The Morgan fingerprint density at radius 2 is 2.00 bits per heavy atom. The van der Waals surface area contributed by atoms with Gasteiger partial charge in [0.1, 0.15) is 5.54 Å². The summed E-state index contributed by atoms with van der Waals surface area (Å²) in [4.78, 5) is 33.5. The number of nitrogens with zero attached hydrogens (tertiary/aromatic N) is 2. The Morgan fingerprint density at radius 3 is 2.76 bits per heavy atom. The number of rotatable bonds is 3. The molecule has 0 unspecified atom stereocenters. The lowest BCUT2D eigenvalue weighted by Gasteiger charge is -2.37. The number of carbonyl (C=O) groups excluding carboxylic acids is 2. The largest absolute Gasteiger partial charge is 0.329 e. The van der Waals surface area contributed by atoms with Crippen LogP contribution in [0.5, 0.6) is 0 Å². The molecule has 2 atom stereocenters. The van der Waals surface area contributed by atoms with E-state index in [1.165, 1.54) is 19.5 Å². The van der Waals surface area contributed by atoms with Crippen LogP contribution in [0, 0.1) is 5.92 Å². The van der Waals surface area contributed by atoms with E-state index in [2.05, 4.69) is 30.4 Å². The molecule has 2 N–H and O–H groups in total. The number of thiazole rings is 1. The van der Waals surface area contributed by atoms with Gasteiger partial charge in [-0.05, 0) is 30.9 Å². The minimum atomic E-state index is -0.645. The molecule has 0 radical (unpaired) electrons. The molecule has 2 aromatic rings. The number of likely N-dealkylation sites (tertiary alicyclic amines) is 1. The maximum Gasteiger partial charge on any atom is 0.329 e. The minimum Gasteiger partial charge on any atom is -0.323 e. The summed E-state index contributed by atoms with van der Waals surface area (Å²) in [5, 5.41) is 4.31. The molecule has 3 aliphatic rings. The van der Waals surface area contributed by atoms with Gasteiger partial charge in [-0.15, -0.1) is 11.3 Å². The normalized spacial score (nSPS) is 32.9. The molecule has 1 aromatic heterocycles. The predicted molar refractivity (Wildman–Crippen MR) is 113 cm³/mol. The van der Waals surface area contributed by atoms with Gasteiger partial charge in [-0.25, -0.2) is 14.7 Å². The summed E-state index contributed by atoms with van der Waals surface area (Å²) in [7, 11) is 0. The zero-order valence-corrected chi connectivity index (χ0v) is 17.8. The zero-order valence-electron chi connectivity index (χ0n) is 16.9. The fourth-order valence-electron chi connectivity index (χ4n) is 5.36.